The lowest BCUT2D eigenvalue weighted by Crippen LogP contribution is -2.14. The number of anilines is 2. The Morgan fingerprint density at radius 1 is 1.10 bits per heavy atom. The van der Waals surface area contributed by atoms with Gasteiger partial charge in [-0.3, -0.25) is 9.59 Å². The molecule has 0 unspecified atom stereocenters. The number of nitrogens with one attached hydrogen (secondary N) is 2. The number of carbonyl (C=O) groups is 2. The number of halogens is 2. The predicted octanol–water partition coefficient (Wildman–Crippen LogP) is 5.63. The lowest BCUT2D eigenvalue weighted by Gasteiger charge is -2.09. The summed E-state index contributed by atoms with van der Waals surface area (Å²) in [5.74, 6) is 0.127. The van der Waals surface area contributed by atoms with Crippen LogP contribution < -0.4 is 15.4 Å². The van der Waals surface area contributed by atoms with E-state index in [0.29, 0.717) is 38.6 Å². The number of carbonyl (C=O) groups excluding carboxylic acids is 2. The molecule has 0 aliphatic rings. The largest absolute Gasteiger partial charge is 0.486 e. The van der Waals surface area contributed by atoms with Gasteiger partial charge in [-0.1, -0.05) is 30.1 Å². The van der Waals surface area contributed by atoms with Crippen molar-refractivity contribution in [2.24, 2.45) is 0 Å². The number of hydrogen-bond donors (Lipinski definition) is 2. The maximum atomic E-state index is 12.5. The molecule has 9 heteroatoms. The Bertz CT molecular complexity index is 1020. The highest BCUT2D eigenvalue weighted by atomic mass is 35.5. The molecule has 29 heavy (non-hydrogen) atoms. The lowest BCUT2D eigenvalue weighted by molar-refractivity contribution is -0.115. The van der Waals surface area contributed by atoms with Gasteiger partial charge in [0.15, 0.2) is 0 Å². The van der Waals surface area contributed by atoms with Crippen LogP contribution in [0.15, 0.2) is 47.8 Å². The van der Waals surface area contributed by atoms with Crippen LogP contribution in [0.1, 0.15) is 28.8 Å². The molecule has 6 nitrogen and oxygen atoms in total. The van der Waals surface area contributed by atoms with Crippen molar-refractivity contribution in [3.8, 4) is 5.75 Å². The Morgan fingerprint density at radius 3 is 2.59 bits per heavy atom. The molecule has 0 aliphatic carbocycles. The van der Waals surface area contributed by atoms with Crippen molar-refractivity contribution in [1.82, 2.24) is 4.98 Å². The zero-order chi connectivity index (χ0) is 20.8. The number of hydrogen-bond acceptors (Lipinski definition) is 5. The summed E-state index contributed by atoms with van der Waals surface area (Å²) >= 11 is 13.3. The number of nitrogens with zero attached hydrogens (tertiary/aromatic N) is 1. The summed E-state index contributed by atoms with van der Waals surface area (Å²) in [5.41, 5.74) is 1.19. The van der Waals surface area contributed by atoms with Gasteiger partial charge in [0.25, 0.3) is 5.91 Å². The molecule has 0 bridgehead atoms. The Labute approximate surface area is 181 Å². The third-order valence-electron chi connectivity index (χ3n) is 3.78. The summed E-state index contributed by atoms with van der Waals surface area (Å²) in [7, 11) is 0. The molecule has 0 saturated carbocycles. The van der Waals surface area contributed by atoms with Crippen molar-refractivity contribution in [1.29, 1.82) is 0 Å². The summed E-state index contributed by atoms with van der Waals surface area (Å²) in [4.78, 5) is 28.4. The molecule has 2 aromatic carbocycles. The minimum Gasteiger partial charge on any atom is -0.486 e. The van der Waals surface area contributed by atoms with Crippen molar-refractivity contribution in [3.05, 3.63) is 68.6 Å². The van der Waals surface area contributed by atoms with E-state index in [1.54, 1.807) is 54.8 Å². The van der Waals surface area contributed by atoms with E-state index in [2.05, 4.69) is 15.6 Å². The molecule has 3 rings (SSSR count). The summed E-state index contributed by atoms with van der Waals surface area (Å²) in [6.45, 7) is 1.99. The van der Waals surface area contributed by atoms with Crippen LogP contribution in [0.4, 0.5) is 11.4 Å². The molecule has 0 radical (unpaired) electrons. The van der Waals surface area contributed by atoms with E-state index < -0.39 is 5.91 Å². The van der Waals surface area contributed by atoms with E-state index in [1.165, 1.54) is 11.3 Å². The van der Waals surface area contributed by atoms with Crippen LogP contribution in [0, 0.1) is 0 Å². The first-order valence-corrected chi connectivity index (χ1v) is 10.3. The first kappa shape index (κ1) is 21.1. The second-order valence-electron chi connectivity index (χ2n) is 5.92. The van der Waals surface area contributed by atoms with Crippen LogP contribution in [0.5, 0.6) is 5.75 Å². The normalized spacial score (nSPS) is 10.4. The first-order valence-electron chi connectivity index (χ1n) is 8.68. The molecule has 1 heterocycles. The van der Waals surface area contributed by atoms with Gasteiger partial charge in [0.05, 0.1) is 10.7 Å². The topological polar surface area (TPSA) is 80.3 Å². The molecule has 0 saturated heterocycles. The molecule has 2 N–H and O–H groups in total. The van der Waals surface area contributed by atoms with Gasteiger partial charge in [-0.05, 0) is 42.5 Å². The summed E-state index contributed by atoms with van der Waals surface area (Å²) in [6.07, 6.45) is 0.351. The van der Waals surface area contributed by atoms with E-state index in [1.807, 2.05) is 0 Å². The Balaban J connectivity index is 1.63. The maximum absolute atomic E-state index is 12.5. The first-order chi connectivity index (χ1) is 13.9. The third-order valence-corrected chi connectivity index (χ3v) is 5.18. The molecule has 0 atom stereocenters. The smallest absolute Gasteiger partial charge is 0.275 e. The highest BCUT2D eigenvalue weighted by Gasteiger charge is 2.14. The third kappa shape index (κ3) is 5.93. The number of ether oxygens (including phenoxy) is 1. The molecule has 0 aliphatic heterocycles. The molecule has 3 aromatic rings. The van der Waals surface area contributed by atoms with Gasteiger partial charge in [-0.15, -0.1) is 11.3 Å². The number of rotatable bonds is 7. The Hall–Kier alpha value is -2.61. The Morgan fingerprint density at radius 2 is 1.86 bits per heavy atom. The van der Waals surface area contributed by atoms with Crippen LogP contribution in [-0.4, -0.2) is 16.8 Å². The van der Waals surface area contributed by atoms with Crippen molar-refractivity contribution >= 4 is 57.7 Å². The molecule has 2 amide bonds. The molecular formula is C20H17Cl2N3O3S. The monoisotopic (exact) mass is 449 g/mol. The minimum atomic E-state index is -0.403. The summed E-state index contributed by atoms with van der Waals surface area (Å²) in [5, 5.41) is 8.72. The van der Waals surface area contributed by atoms with Gasteiger partial charge in [-0.25, -0.2) is 4.98 Å². The van der Waals surface area contributed by atoms with Crippen LogP contribution in [-0.2, 0) is 11.4 Å². The fourth-order valence-corrected chi connectivity index (χ4v) is 3.27. The second-order valence-corrected chi connectivity index (χ2v) is 7.71. The van der Waals surface area contributed by atoms with Gasteiger partial charge in [0, 0.05) is 22.5 Å². The van der Waals surface area contributed by atoms with Crippen LogP contribution in [0.3, 0.4) is 0 Å². The fourth-order valence-electron chi connectivity index (χ4n) is 2.29. The number of benzene rings is 2. The van der Waals surface area contributed by atoms with Gasteiger partial charge in [0.2, 0.25) is 5.91 Å². The highest BCUT2D eigenvalue weighted by Crippen LogP contribution is 2.26. The number of amides is 2. The zero-order valence-electron chi connectivity index (χ0n) is 15.4. The average molecular weight is 450 g/mol. The molecule has 1 aromatic heterocycles. The zero-order valence-corrected chi connectivity index (χ0v) is 17.7. The number of aromatic nitrogens is 1. The van der Waals surface area contributed by atoms with Crippen molar-refractivity contribution in [2.45, 2.75) is 20.0 Å². The van der Waals surface area contributed by atoms with Crippen molar-refractivity contribution < 1.29 is 14.3 Å². The van der Waals surface area contributed by atoms with Crippen LogP contribution in [0.25, 0.3) is 0 Å². The van der Waals surface area contributed by atoms with Crippen LogP contribution >= 0.6 is 34.5 Å². The average Bonchev–Trinajstić information content (AvgIpc) is 3.19. The standard InChI is InChI=1S/C20H17Cl2N3O3S/c1-2-18(26)23-13-5-8-15(22)16(9-13)25-20(27)17-11-29-19(24-17)10-28-14-6-3-12(21)4-7-14/h3-9,11H,2,10H2,1H3,(H,23,26)(H,25,27). The van der Waals surface area contributed by atoms with Gasteiger partial charge < -0.3 is 15.4 Å². The van der Waals surface area contributed by atoms with E-state index >= 15 is 0 Å². The fraction of sp³-hybridized carbons (Fsp3) is 0.150. The summed E-state index contributed by atoms with van der Waals surface area (Å²) < 4.78 is 5.64. The van der Waals surface area contributed by atoms with E-state index in [-0.39, 0.29) is 18.2 Å². The van der Waals surface area contributed by atoms with E-state index in [4.69, 9.17) is 27.9 Å². The van der Waals surface area contributed by atoms with Gasteiger partial charge in [0.1, 0.15) is 23.1 Å². The number of thiazole rings is 1. The second kappa shape index (κ2) is 9.73. The lowest BCUT2D eigenvalue weighted by atomic mass is 10.2. The molecule has 150 valence electrons. The summed E-state index contributed by atoms with van der Waals surface area (Å²) in [6, 6.07) is 11.9. The van der Waals surface area contributed by atoms with Crippen molar-refractivity contribution in [2.75, 3.05) is 10.6 Å². The molecule has 0 fully saturated rings. The SMILES string of the molecule is CCC(=O)Nc1ccc(Cl)c(NC(=O)c2csc(COc3ccc(Cl)cc3)n2)c1. The quantitative estimate of drug-likeness (QED) is 0.489. The highest BCUT2D eigenvalue weighted by molar-refractivity contribution is 7.09. The van der Waals surface area contributed by atoms with Gasteiger partial charge >= 0.3 is 0 Å². The predicted molar refractivity (Wildman–Crippen MR) is 116 cm³/mol. The van der Waals surface area contributed by atoms with E-state index in [0.717, 1.165) is 0 Å². The van der Waals surface area contributed by atoms with E-state index in [9.17, 15) is 9.59 Å². The Kier molecular flexibility index (Phi) is 7.09. The van der Waals surface area contributed by atoms with Gasteiger partial charge in [-0.2, -0.15) is 0 Å². The van der Waals surface area contributed by atoms with Crippen LogP contribution in [0.2, 0.25) is 10.0 Å². The maximum Gasteiger partial charge on any atom is 0.275 e. The molecular weight excluding hydrogens is 433 g/mol. The molecule has 0 spiro atoms. The van der Waals surface area contributed by atoms with Crippen molar-refractivity contribution in [3.63, 3.8) is 0 Å². The minimum absolute atomic E-state index is 0.130.